The topological polar surface area (TPSA) is 102 Å². The molecule has 0 aromatic heterocycles. The van der Waals surface area contributed by atoms with E-state index < -0.39 is 27.7 Å². The Morgan fingerprint density at radius 3 is 1.56 bits per heavy atom. The van der Waals surface area contributed by atoms with E-state index in [1.807, 2.05) is 72.8 Å². The first-order valence-electron chi connectivity index (χ1n) is 13.1. The van der Waals surface area contributed by atoms with Crippen molar-refractivity contribution in [3.8, 4) is 22.6 Å². The number of alkyl halides is 1. The van der Waals surface area contributed by atoms with Crippen molar-refractivity contribution in [1.29, 1.82) is 0 Å². The molecule has 5 rings (SSSR count). The Hall–Kier alpha value is -3.40. The van der Waals surface area contributed by atoms with Gasteiger partial charge in [0.25, 0.3) is 10.1 Å². The third kappa shape index (κ3) is 6.12. The largest absolute Gasteiger partial charge is 0.491 e. The summed E-state index contributed by atoms with van der Waals surface area (Å²) in [5, 5.41) is 19.9. The average molecular weight is 595 g/mol. The third-order valence-corrected chi connectivity index (χ3v) is 7.98. The fraction of sp³-hybridized carbons (Fsp3) is 0.250. The first-order chi connectivity index (χ1) is 19.7. The molecule has 2 atom stereocenters. The van der Waals surface area contributed by atoms with Crippen LogP contribution in [-0.2, 0) is 19.7 Å². The molecule has 0 spiro atoms. The lowest BCUT2D eigenvalue weighted by Crippen LogP contribution is -2.28. The van der Waals surface area contributed by atoms with Gasteiger partial charge in [0.15, 0.2) is 0 Å². The van der Waals surface area contributed by atoms with Crippen LogP contribution in [0.2, 0.25) is 0 Å². The van der Waals surface area contributed by atoms with Gasteiger partial charge >= 0.3 is 0 Å². The smallest absolute Gasteiger partial charge is 0.264 e. The normalized spacial score (nSPS) is 15.0. The quantitative estimate of drug-likeness (QED) is 0.159. The summed E-state index contributed by atoms with van der Waals surface area (Å²) in [7, 11) is -3.65. The van der Waals surface area contributed by atoms with Gasteiger partial charge in [-0.05, 0) is 57.6 Å². The van der Waals surface area contributed by atoms with E-state index in [1.165, 1.54) is 0 Å². The van der Waals surface area contributed by atoms with E-state index in [-0.39, 0.29) is 25.7 Å². The summed E-state index contributed by atoms with van der Waals surface area (Å²) in [6.07, 6.45) is -0.915. The maximum atomic E-state index is 11.2. The van der Waals surface area contributed by atoms with Gasteiger partial charge < -0.3 is 19.7 Å². The number of hydrogen-bond donors (Lipinski definition) is 2. The zero-order valence-electron chi connectivity index (χ0n) is 22.4. The molecule has 2 unspecified atom stereocenters. The summed E-state index contributed by atoms with van der Waals surface area (Å²) in [6, 6.07) is 32.3. The molecule has 0 heterocycles. The number of aliphatic hydroxyl groups excluding tert-OH is 2. The molecule has 0 radical (unpaired) electrons. The van der Waals surface area contributed by atoms with Crippen molar-refractivity contribution < 1.29 is 32.3 Å². The molecular weight excluding hydrogens is 564 g/mol. The fourth-order valence-corrected chi connectivity index (χ4v) is 5.80. The second kappa shape index (κ2) is 12.2. The molecule has 0 bridgehead atoms. The van der Waals surface area contributed by atoms with E-state index in [0.29, 0.717) is 11.5 Å². The minimum atomic E-state index is -3.65. The summed E-state index contributed by atoms with van der Waals surface area (Å²) < 4.78 is 38.5. The van der Waals surface area contributed by atoms with Crippen LogP contribution in [0.15, 0.2) is 97.1 Å². The van der Waals surface area contributed by atoms with Crippen LogP contribution in [0.1, 0.15) is 22.3 Å². The monoisotopic (exact) mass is 594 g/mol. The number of aliphatic hydroxyl groups is 2. The van der Waals surface area contributed by atoms with E-state index >= 15 is 0 Å². The zero-order chi connectivity index (χ0) is 29.0. The minimum absolute atomic E-state index is 0.0991. The van der Waals surface area contributed by atoms with Crippen LogP contribution >= 0.6 is 11.6 Å². The summed E-state index contributed by atoms with van der Waals surface area (Å²) in [5.74, 6) is 1.26. The van der Waals surface area contributed by atoms with E-state index in [4.69, 9.17) is 21.1 Å². The highest BCUT2D eigenvalue weighted by Crippen LogP contribution is 2.56. The second-order valence-electron chi connectivity index (χ2n) is 9.96. The summed E-state index contributed by atoms with van der Waals surface area (Å²) in [6.45, 7) is -0.389. The summed E-state index contributed by atoms with van der Waals surface area (Å²) in [4.78, 5) is 0. The van der Waals surface area contributed by atoms with Gasteiger partial charge in [-0.1, -0.05) is 72.8 Å². The van der Waals surface area contributed by atoms with Gasteiger partial charge in [-0.15, -0.1) is 11.6 Å². The number of hydrogen-bond acceptors (Lipinski definition) is 7. The molecule has 1 aliphatic rings. The number of fused-ring (bicyclic) bond motifs is 3. The Labute approximate surface area is 245 Å². The Morgan fingerprint density at radius 1 is 0.683 bits per heavy atom. The summed E-state index contributed by atoms with van der Waals surface area (Å²) in [5.41, 5.74) is 6.05. The highest BCUT2D eigenvalue weighted by atomic mass is 35.5. The Kier molecular flexibility index (Phi) is 8.68. The van der Waals surface area contributed by atoms with Crippen molar-refractivity contribution in [2.45, 2.75) is 17.6 Å². The van der Waals surface area contributed by atoms with Crippen LogP contribution in [0.3, 0.4) is 0 Å². The molecule has 9 heteroatoms. The molecule has 0 fully saturated rings. The molecule has 4 aromatic rings. The Morgan fingerprint density at radius 2 is 1.12 bits per heavy atom. The van der Waals surface area contributed by atoms with Crippen molar-refractivity contribution in [2.75, 3.05) is 32.0 Å². The number of ether oxygens (including phenoxy) is 2. The third-order valence-electron chi connectivity index (χ3n) is 7.06. The van der Waals surface area contributed by atoms with Crippen LogP contribution in [0.4, 0.5) is 0 Å². The second-order valence-corrected chi connectivity index (χ2v) is 11.9. The van der Waals surface area contributed by atoms with Crippen LogP contribution in [0.5, 0.6) is 11.5 Å². The van der Waals surface area contributed by atoms with Gasteiger partial charge in [-0.3, -0.25) is 4.18 Å². The van der Waals surface area contributed by atoms with E-state index in [2.05, 4.69) is 28.4 Å². The highest BCUT2D eigenvalue weighted by molar-refractivity contribution is 7.85. The molecule has 0 amide bonds. The molecule has 0 saturated carbocycles. The van der Waals surface area contributed by atoms with E-state index in [1.54, 1.807) is 0 Å². The Balaban J connectivity index is 1.51. The van der Waals surface area contributed by atoms with Crippen LogP contribution in [-0.4, -0.2) is 62.8 Å². The highest BCUT2D eigenvalue weighted by Gasteiger charge is 2.45. The van der Waals surface area contributed by atoms with Gasteiger partial charge in [-0.25, -0.2) is 0 Å². The molecule has 4 aromatic carbocycles. The lowest BCUT2D eigenvalue weighted by Gasteiger charge is -2.34. The molecule has 41 heavy (non-hydrogen) atoms. The van der Waals surface area contributed by atoms with E-state index in [9.17, 15) is 18.6 Å². The van der Waals surface area contributed by atoms with Crippen molar-refractivity contribution in [2.24, 2.45) is 0 Å². The standard InChI is InChI=1S/C32H31ClO7S/c1-41(36,37)40-21-25(35)20-39-27-16-12-23(13-17-27)32(22-10-14-26(15-11-22)38-19-24(34)18-33)30-8-4-2-6-28(30)29-7-3-5-9-31(29)32/h2-17,24-25,34-35H,18-21H2,1H3. The molecular formula is C32H31ClO7S. The van der Waals surface area contributed by atoms with Gasteiger partial charge in [0, 0.05) is 0 Å². The average Bonchev–Trinajstić information content (AvgIpc) is 3.29. The molecule has 0 saturated heterocycles. The van der Waals surface area contributed by atoms with Gasteiger partial charge in [0.1, 0.15) is 36.9 Å². The van der Waals surface area contributed by atoms with Crippen molar-refractivity contribution in [3.63, 3.8) is 0 Å². The first-order valence-corrected chi connectivity index (χ1v) is 15.5. The maximum absolute atomic E-state index is 11.2. The Bertz CT molecular complexity index is 1540. The molecule has 0 aliphatic heterocycles. The van der Waals surface area contributed by atoms with Crippen LogP contribution in [0.25, 0.3) is 11.1 Å². The van der Waals surface area contributed by atoms with Crippen molar-refractivity contribution in [3.05, 3.63) is 119 Å². The predicted molar refractivity (Wildman–Crippen MR) is 158 cm³/mol. The SMILES string of the molecule is CS(=O)(=O)OCC(O)COc1ccc(C2(c3ccc(OCC(O)CCl)cc3)c3ccccc3-c3ccccc32)cc1. The molecule has 7 nitrogen and oxygen atoms in total. The molecule has 2 N–H and O–H groups in total. The predicted octanol–water partition coefficient (Wildman–Crippen LogP) is 4.74. The number of benzene rings is 4. The van der Waals surface area contributed by atoms with Gasteiger partial charge in [0.05, 0.1) is 24.2 Å². The van der Waals surface area contributed by atoms with Crippen LogP contribution < -0.4 is 9.47 Å². The van der Waals surface area contributed by atoms with Crippen molar-refractivity contribution >= 4 is 21.7 Å². The van der Waals surface area contributed by atoms with Crippen LogP contribution in [0, 0.1) is 0 Å². The fourth-order valence-electron chi connectivity index (χ4n) is 5.31. The minimum Gasteiger partial charge on any atom is -0.491 e. The molecule has 1 aliphatic carbocycles. The van der Waals surface area contributed by atoms with Crippen molar-refractivity contribution in [1.82, 2.24) is 0 Å². The summed E-state index contributed by atoms with van der Waals surface area (Å²) >= 11 is 5.71. The van der Waals surface area contributed by atoms with E-state index in [0.717, 1.165) is 39.6 Å². The lowest BCUT2D eigenvalue weighted by molar-refractivity contribution is 0.0652. The van der Waals surface area contributed by atoms with Gasteiger partial charge in [0.2, 0.25) is 0 Å². The lowest BCUT2D eigenvalue weighted by atomic mass is 9.68. The first kappa shape index (κ1) is 29.1. The number of halogens is 1. The number of rotatable bonds is 12. The van der Waals surface area contributed by atoms with Gasteiger partial charge in [-0.2, -0.15) is 8.42 Å². The maximum Gasteiger partial charge on any atom is 0.264 e. The molecule has 214 valence electrons. The zero-order valence-corrected chi connectivity index (χ0v) is 24.0.